The summed E-state index contributed by atoms with van der Waals surface area (Å²) in [6.45, 7) is 3.13. The molecule has 0 amide bonds. The molecule has 0 fully saturated rings. The minimum absolute atomic E-state index is 0.135. The van der Waals surface area contributed by atoms with Crippen LogP contribution in [0.4, 0.5) is 11.4 Å². The monoisotopic (exact) mass is 267 g/mol. The highest BCUT2D eigenvalue weighted by Gasteiger charge is 2.16. The van der Waals surface area contributed by atoms with E-state index in [1.54, 1.807) is 12.1 Å². The second kappa shape index (κ2) is 5.74. The van der Waals surface area contributed by atoms with Gasteiger partial charge in [-0.1, -0.05) is 6.07 Å². The SMILES string of the molecule is CCN(CCC#N)c1cccc(S(C)(=O)=O)c1N. The molecule has 0 atom stereocenters. The van der Waals surface area contributed by atoms with Gasteiger partial charge in [0, 0.05) is 19.3 Å². The van der Waals surface area contributed by atoms with E-state index in [0.717, 1.165) is 6.26 Å². The molecule has 18 heavy (non-hydrogen) atoms. The van der Waals surface area contributed by atoms with E-state index in [9.17, 15) is 8.42 Å². The van der Waals surface area contributed by atoms with Gasteiger partial charge in [-0.3, -0.25) is 0 Å². The summed E-state index contributed by atoms with van der Waals surface area (Å²) in [4.78, 5) is 2.03. The molecule has 1 aromatic rings. The lowest BCUT2D eigenvalue weighted by molar-refractivity contribution is 0.602. The predicted molar refractivity (Wildman–Crippen MR) is 72.1 cm³/mol. The topological polar surface area (TPSA) is 87.2 Å². The molecule has 0 spiro atoms. The van der Waals surface area contributed by atoms with Gasteiger partial charge in [0.15, 0.2) is 9.84 Å². The Morgan fingerprint density at radius 2 is 2.11 bits per heavy atom. The van der Waals surface area contributed by atoms with Crippen LogP contribution in [0.15, 0.2) is 23.1 Å². The smallest absolute Gasteiger partial charge is 0.177 e. The van der Waals surface area contributed by atoms with E-state index < -0.39 is 9.84 Å². The van der Waals surface area contributed by atoms with E-state index >= 15 is 0 Å². The molecule has 0 aromatic heterocycles. The first-order valence-corrected chi connectivity index (χ1v) is 7.51. The number of benzene rings is 1. The van der Waals surface area contributed by atoms with Crippen LogP contribution < -0.4 is 10.6 Å². The largest absolute Gasteiger partial charge is 0.396 e. The van der Waals surface area contributed by atoms with E-state index in [4.69, 9.17) is 11.0 Å². The maximum absolute atomic E-state index is 11.6. The Morgan fingerprint density at radius 1 is 1.44 bits per heavy atom. The van der Waals surface area contributed by atoms with E-state index in [1.807, 2.05) is 11.8 Å². The van der Waals surface area contributed by atoms with Gasteiger partial charge in [0.1, 0.15) is 0 Å². The van der Waals surface area contributed by atoms with Gasteiger partial charge in [-0.25, -0.2) is 8.42 Å². The maximum Gasteiger partial charge on any atom is 0.177 e. The quantitative estimate of drug-likeness (QED) is 0.815. The Morgan fingerprint density at radius 3 is 2.61 bits per heavy atom. The lowest BCUT2D eigenvalue weighted by Crippen LogP contribution is -2.25. The highest BCUT2D eigenvalue weighted by atomic mass is 32.2. The van der Waals surface area contributed by atoms with Crippen molar-refractivity contribution in [3.05, 3.63) is 18.2 Å². The number of hydrogen-bond donors (Lipinski definition) is 1. The van der Waals surface area contributed by atoms with Crippen molar-refractivity contribution < 1.29 is 8.42 Å². The summed E-state index contributed by atoms with van der Waals surface area (Å²) in [5.41, 5.74) is 6.83. The van der Waals surface area contributed by atoms with Crippen LogP contribution >= 0.6 is 0 Å². The van der Waals surface area contributed by atoms with Gasteiger partial charge in [-0.15, -0.1) is 0 Å². The third kappa shape index (κ3) is 3.14. The minimum atomic E-state index is -3.33. The normalized spacial score (nSPS) is 10.9. The summed E-state index contributed by atoms with van der Waals surface area (Å²) >= 11 is 0. The van der Waals surface area contributed by atoms with E-state index in [0.29, 0.717) is 25.2 Å². The molecule has 0 bridgehead atoms. The predicted octanol–water partition coefficient (Wildman–Crippen LogP) is 1.41. The van der Waals surface area contributed by atoms with Gasteiger partial charge in [-0.05, 0) is 19.1 Å². The molecule has 0 radical (unpaired) electrons. The Bertz CT molecular complexity index is 561. The van der Waals surface area contributed by atoms with E-state index in [-0.39, 0.29) is 10.6 Å². The number of anilines is 2. The number of nitriles is 1. The first-order chi connectivity index (χ1) is 8.41. The standard InChI is InChI=1S/C12H17N3O2S/c1-3-15(9-5-8-13)10-6-4-7-11(12(10)14)18(2,16)17/h4,6-7H,3,5,9,14H2,1-2H3. The highest BCUT2D eigenvalue weighted by molar-refractivity contribution is 7.90. The lowest BCUT2D eigenvalue weighted by Gasteiger charge is -2.24. The third-order valence-electron chi connectivity index (χ3n) is 2.66. The first-order valence-electron chi connectivity index (χ1n) is 5.62. The average molecular weight is 267 g/mol. The number of para-hydroxylation sites is 1. The molecule has 0 aliphatic rings. The van der Waals surface area contributed by atoms with Crippen molar-refractivity contribution in [2.75, 3.05) is 30.0 Å². The molecule has 0 unspecified atom stereocenters. The number of hydrogen-bond acceptors (Lipinski definition) is 5. The van der Waals surface area contributed by atoms with Gasteiger partial charge in [-0.2, -0.15) is 5.26 Å². The molecule has 0 aliphatic carbocycles. The summed E-state index contributed by atoms with van der Waals surface area (Å²) in [5, 5.41) is 8.61. The fourth-order valence-electron chi connectivity index (χ4n) is 1.77. The van der Waals surface area contributed by atoms with Gasteiger partial charge in [0.2, 0.25) is 0 Å². The van der Waals surface area contributed by atoms with Crippen molar-refractivity contribution in [3.63, 3.8) is 0 Å². The molecular weight excluding hydrogens is 250 g/mol. The van der Waals surface area contributed by atoms with Gasteiger partial charge < -0.3 is 10.6 Å². The Balaban J connectivity index is 3.22. The van der Waals surface area contributed by atoms with Crippen molar-refractivity contribution in [1.82, 2.24) is 0 Å². The molecular formula is C12H17N3O2S. The Labute approximate surface area is 108 Å². The van der Waals surface area contributed by atoms with Crippen LogP contribution in [0.25, 0.3) is 0 Å². The van der Waals surface area contributed by atoms with Crippen LogP contribution in [0, 0.1) is 11.3 Å². The molecule has 2 N–H and O–H groups in total. The Kier molecular flexibility index (Phi) is 4.56. The molecule has 0 heterocycles. The fraction of sp³-hybridized carbons (Fsp3) is 0.417. The summed E-state index contributed by atoms with van der Waals surface area (Å²) in [6.07, 6.45) is 1.50. The van der Waals surface area contributed by atoms with Crippen molar-refractivity contribution >= 4 is 21.2 Å². The van der Waals surface area contributed by atoms with Crippen molar-refractivity contribution in [1.29, 1.82) is 5.26 Å². The number of nitrogen functional groups attached to an aromatic ring is 1. The summed E-state index contributed by atoms with van der Waals surface area (Å²) in [6, 6.07) is 6.99. The Hall–Kier alpha value is -1.74. The third-order valence-corrected chi connectivity index (χ3v) is 3.81. The van der Waals surface area contributed by atoms with Crippen molar-refractivity contribution in [2.24, 2.45) is 0 Å². The van der Waals surface area contributed by atoms with Crippen molar-refractivity contribution in [2.45, 2.75) is 18.2 Å². The van der Waals surface area contributed by atoms with Gasteiger partial charge in [0.25, 0.3) is 0 Å². The van der Waals surface area contributed by atoms with E-state index in [2.05, 4.69) is 6.07 Å². The average Bonchev–Trinajstić information content (AvgIpc) is 2.30. The van der Waals surface area contributed by atoms with Crippen LogP contribution in [-0.4, -0.2) is 27.8 Å². The minimum Gasteiger partial charge on any atom is -0.396 e. The zero-order valence-corrected chi connectivity index (χ0v) is 11.4. The fourth-order valence-corrected chi connectivity index (χ4v) is 2.60. The summed E-state index contributed by atoms with van der Waals surface area (Å²) in [7, 11) is -3.33. The molecule has 5 nitrogen and oxygen atoms in total. The molecule has 1 aromatic carbocycles. The second-order valence-electron chi connectivity index (χ2n) is 3.95. The first kappa shape index (κ1) is 14.3. The molecule has 0 aliphatic heterocycles. The van der Waals surface area contributed by atoms with Gasteiger partial charge >= 0.3 is 0 Å². The highest BCUT2D eigenvalue weighted by Crippen LogP contribution is 2.29. The second-order valence-corrected chi connectivity index (χ2v) is 5.93. The molecule has 1 rings (SSSR count). The number of nitrogens with zero attached hydrogens (tertiary/aromatic N) is 2. The molecule has 98 valence electrons. The molecule has 6 heteroatoms. The summed E-state index contributed by atoms with van der Waals surface area (Å²) in [5.74, 6) is 0. The van der Waals surface area contributed by atoms with Crippen molar-refractivity contribution in [3.8, 4) is 6.07 Å². The molecule has 0 saturated heterocycles. The maximum atomic E-state index is 11.6. The lowest BCUT2D eigenvalue weighted by atomic mass is 10.2. The zero-order chi connectivity index (χ0) is 13.8. The van der Waals surface area contributed by atoms with Crippen LogP contribution in [0.5, 0.6) is 0 Å². The zero-order valence-electron chi connectivity index (χ0n) is 10.5. The number of nitrogens with two attached hydrogens (primary N) is 1. The number of rotatable bonds is 5. The van der Waals surface area contributed by atoms with Crippen LogP contribution in [-0.2, 0) is 9.84 Å². The van der Waals surface area contributed by atoms with E-state index in [1.165, 1.54) is 6.07 Å². The molecule has 0 saturated carbocycles. The summed E-state index contributed by atoms with van der Waals surface area (Å²) < 4.78 is 23.2. The van der Waals surface area contributed by atoms with Gasteiger partial charge in [0.05, 0.1) is 28.8 Å². The van der Waals surface area contributed by atoms with Crippen LogP contribution in [0.1, 0.15) is 13.3 Å². The number of sulfone groups is 1. The van der Waals surface area contributed by atoms with Crippen LogP contribution in [0.2, 0.25) is 0 Å². The van der Waals surface area contributed by atoms with Crippen LogP contribution in [0.3, 0.4) is 0 Å².